The third-order valence-corrected chi connectivity index (χ3v) is 3.45. The monoisotopic (exact) mass is 262 g/mol. The van der Waals surface area contributed by atoms with Gasteiger partial charge >= 0.3 is 0 Å². The SMILES string of the molecule is CCCC(C)(N)C(=O)N1CCCC(C)(C)C1.Cl. The van der Waals surface area contributed by atoms with Gasteiger partial charge in [0.05, 0.1) is 5.54 Å². The summed E-state index contributed by atoms with van der Waals surface area (Å²) in [4.78, 5) is 14.3. The fraction of sp³-hybridized carbons (Fsp3) is 0.923. The molecule has 0 radical (unpaired) electrons. The largest absolute Gasteiger partial charge is 0.341 e. The molecule has 1 saturated heterocycles. The van der Waals surface area contributed by atoms with E-state index in [0.717, 1.165) is 32.4 Å². The highest BCUT2D eigenvalue weighted by Gasteiger charge is 2.36. The summed E-state index contributed by atoms with van der Waals surface area (Å²) < 4.78 is 0. The molecular weight excluding hydrogens is 236 g/mol. The maximum absolute atomic E-state index is 12.3. The molecular formula is C13H27ClN2O. The summed E-state index contributed by atoms with van der Waals surface area (Å²) in [7, 11) is 0. The van der Waals surface area contributed by atoms with E-state index in [1.807, 2.05) is 11.8 Å². The lowest BCUT2D eigenvalue weighted by atomic mass is 9.83. The van der Waals surface area contributed by atoms with Crippen molar-refractivity contribution in [2.24, 2.45) is 11.1 Å². The van der Waals surface area contributed by atoms with Crippen molar-refractivity contribution in [3.8, 4) is 0 Å². The van der Waals surface area contributed by atoms with Crippen LogP contribution in [0.2, 0.25) is 0 Å². The Morgan fingerprint density at radius 2 is 2.06 bits per heavy atom. The number of likely N-dealkylation sites (tertiary alicyclic amines) is 1. The van der Waals surface area contributed by atoms with Crippen molar-refractivity contribution in [2.45, 2.75) is 58.9 Å². The lowest BCUT2D eigenvalue weighted by Crippen LogP contribution is -2.56. The second-order valence-electron chi connectivity index (χ2n) is 6.16. The molecule has 1 rings (SSSR count). The molecule has 1 heterocycles. The first-order chi connectivity index (χ1) is 7.28. The number of carbonyl (C=O) groups is 1. The molecule has 0 spiro atoms. The number of nitrogens with zero attached hydrogens (tertiary/aromatic N) is 1. The van der Waals surface area contributed by atoms with E-state index < -0.39 is 5.54 Å². The van der Waals surface area contributed by atoms with Gasteiger partial charge in [0.1, 0.15) is 0 Å². The third kappa shape index (κ3) is 4.47. The van der Waals surface area contributed by atoms with Crippen molar-refractivity contribution in [1.82, 2.24) is 4.90 Å². The van der Waals surface area contributed by atoms with Crippen molar-refractivity contribution in [3.05, 3.63) is 0 Å². The smallest absolute Gasteiger partial charge is 0.242 e. The molecule has 1 unspecified atom stereocenters. The van der Waals surface area contributed by atoms with Gasteiger partial charge in [0.15, 0.2) is 0 Å². The average Bonchev–Trinajstić information content (AvgIpc) is 2.15. The van der Waals surface area contributed by atoms with Gasteiger partial charge in [-0.05, 0) is 31.6 Å². The minimum atomic E-state index is -0.678. The molecule has 0 aliphatic carbocycles. The predicted molar refractivity (Wildman–Crippen MR) is 74.3 cm³/mol. The second-order valence-corrected chi connectivity index (χ2v) is 6.16. The Hall–Kier alpha value is -0.280. The van der Waals surface area contributed by atoms with Gasteiger partial charge < -0.3 is 10.6 Å². The van der Waals surface area contributed by atoms with Gasteiger partial charge in [-0.1, -0.05) is 27.2 Å². The molecule has 3 nitrogen and oxygen atoms in total. The molecule has 0 bridgehead atoms. The Morgan fingerprint density at radius 1 is 1.47 bits per heavy atom. The van der Waals surface area contributed by atoms with Crippen molar-refractivity contribution < 1.29 is 4.79 Å². The first-order valence-electron chi connectivity index (χ1n) is 6.37. The molecule has 0 aromatic rings. The molecule has 0 aromatic heterocycles. The minimum absolute atomic E-state index is 0. The molecule has 2 N–H and O–H groups in total. The number of piperidine rings is 1. The van der Waals surface area contributed by atoms with E-state index in [2.05, 4.69) is 20.8 Å². The summed E-state index contributed by atoms with van der Waals surface area (Å²) in [6.07, 6.45) is 4.02. The van der Waals surface area contributed by atoms with E-state index in [1.165, 1.54) is 6.42 Å². The van der Waals surface area contributed by atoms with Gasteiger partial charge in [0, 0.05) is 13.1 Å². The molecule has 17 heavy (non-hydrogen) atoms. The Balaban J connectivity index is 0.00000256. The molecule has 1 amide bonds. The fourth-order valence-electron chi connectivity index (χ4n) is 2.58. The van der Waals surface area contributed by atoms with Crippen molar-refractivity contribution in [1.29, 1.82) is 0 Å². The molecule has 0 aromatic carbocycles. The molecule has 1 aliphatic heterocycles. The van der Waals surface area contributed by atoms with Crippen LogP contribution in [-0.4, -0.2) is 29.4 Å². The van der Waals surface area contributed by atoms with Crippen LogP contribution in [0.15, 0.2) is 0 Å². The summed E-state index contributed by atoms with van der Waals surface area (Å²) in [5.41, 5.74) is 5.67. The molecule has 1 aliphatic rings. The van der Waals surface area contributed by atoms with Gasteiger partial charge in [0.2, 0.25) is 5.91 Å². The van der Waals surface area contributed by atoms with Crippen LogP contribution in [0.5, 0.6) is 0 Å². The van der Waals surface area contributed by atoms with E-state index in [1.54, 1.807) is 0 Å². The highest BCUT2D eigenvalue weighted by atomic mass is 35.5. The third-order valence-electron chi connectivity index (χ3n) is 3.45. The molecule has 102 valence electrons. The van der Waals surface area contributed by atoms with Crippen LogP contribution in [0, 0.1) is 5.41 Å². The van der Waals surface area contributed by atoms with E-state index >= 15 is 0 Å². The molecule has 0 saturated carbocycles. The van der Waals surface area contributed by atoms with Crippen molar-refractivity contribution in [2.75, 3.05) is 13.1 Å². The van der Waals surface area contributed by atoms with Gasteiger partial charge in [-0.2, -0.15) is 0 Å². The molecule has 1 atom stereocenters. The quantitative estimate of drug-likeness (QED) is 0.850. The van der Waals surface area contributed by atoms with Crippen LogP contribution in [0.4, 0.5) is 0 Å². The number of nitrogens with two attached hydrogens (primary N) is 1. The molecule has 1 fully saturated rings. The van der Waals surface area contributed by atoms with Crippen molar-refractivity contribution in [3.63, 3.8) is 0 Å². The predicted octanol–water partition coefficient (Wildman–Crippen LogP) is 2.57. The van der Waals surface area contributed by atoms with E-state index in [9.17, 15) is 4.79 Å². The summed E-state index contributed by atoms with van der Waals surface area (Å²) >= 11 is 0. The summed E-state index contributed by atoms with van der Waals surface area (Å²) in [5, 5.41) is 0. The number of hydrogen-bond donors (Lipinski definition) is 1. The van der Waals surface area contributed by atoms with Crippen LogP contribution in [-0.2, 0) is 4.79 Å². The summed E-state index contributed by atoms with van der Waals surface area (Å²) in [6.45, 7) is 10.1. The van der Waals surface area contributed by atoms with Crippen molar-refractivity contribution >= 4 is 18.3 Å². The van der Waals surface area contributed by atoms with E-state index in [0.29, 0.717) is 0 Å². The van der Waals surface area contributed by atoms with Crippen LogP contribution >= 0.6 is 12.4 Å². The van der Waals surface area contributed by atoms with E-state index in [-0.39, 0.29) is 23.7 Å². The zero-order chi connectivity index (χ0) is 12.4. The van der Waals surface area contributed by atoms with Gasteiger partial charge in [-0.25, -0.2) is 0 Å². The first kappa shape index (κ1) is 16.7. The topological polar surface area (TPSA) is 46.3 Å². The normalized spacial score (nSPS) is 22.5. The highest BCUT2D eigenvalue weighted by molar-refractivity contribution is 5.86. The lowest BCUT2D eigenvalue weighted by Gasteiger charge is -2.41. The number of rotatable bonds is 3. The first-order valence-corrected chi connectivity index (χ1v) is 6.37. The van der Waals surface area contributed by atoms with Gasteiger partial charge in [0.25, 0.3) is 0 Å². The number of halogens is 1. The Morgan fingerprint density at radius 3 is 2.53 bits per heavy atom. The molecule has 4 heteroatoms. The van der Waals surface area contributed by atoms with Gasteiger partial charge in [-0.3, -0.25) is 4.79 Å². The highest BCUT2D eigenvalue weighted by Crippen LogP contribution is 2.29. The zero-order valence-corrected chi connectivity index (χ0v) is 12.4. The Kier molecular flexibility index (Phi) is 5.95. The van der Waals surface area contributed by atoms with Crippen LogP contribution in [0.1, 0.15) is 53.4 Å². The Bertz CT molecular complexity index is 264. The van der Waals surface area contributed by atoms with Crippen LogP contribution in [0.25, 0.3) is 0 Å². The van der Waals surface area contributed by atoms with E-state index in [4.69, 9.17) is 5.73 Å². The number of carbonyl (C=O) groups excluding carboxylic acids is 1. The fourth-order valence-corrected chi connectivity index (χ4v) is 2.58. The van der Waals surface area contributed by atoms with Gasteiger partial charge in [-0.15, -0.1) is 12.4 Å². The Labute approximate surface area is 112 Å². The minimum Gasteiger partial charge on any atom is -0.341 e. The lowest BCUT2D eigenvalue weighted by molar-refractivity contribution is -0.139. The number of hydrogen-bond acceptors (Lipinski definition) is 2. The average molecular weight is 263 g/mol. The standard InChI is InChI=1S/C13H26N2O.ClH/c1-5-7-13(4,14)11(16)15-9-6-8-12(2,3)10-15;/h5-10,14H2,1-4H3;1H. The second kappa shape index (κ2) is 6.05. The summed E-state index contributed by atoms with van der Waals surface area (Å²) in [5.74, 6) is 0.127. The van der Waals surface area contributed by atoms with Crippen LogP contribution in [0.3, 0.4) is 0 Å². The van der Waals surface area contributed by atoms with Crippen LogP contribution < -0.4 is 5.73 Å². The summed E-state index contributed by atoms with van der Waals surface area (Å²) in [6, 6.07) is 0. The maximum Gasteiger partial charge on any atom is 0.242 e. The zero-order valence-electron chi connectivity index (χ0n) is 11.6. The maximum atomic E-state index is 12.3. The number of amides is 1.